The van der Waals surface area contributed by atoms with Gasteiger partial charge in [-0.05, 0) is 0 Å². The van der Waals surface area contributed by atoms with Crippen LogP contribution in [0.4, 0.5) is 26.3 Å². The van der Waals surface area contributed by atoms with Crippen LogP contribution in [-0.4, -0.2) is 37.4 Å². The van der Waals surface area contributed by atoms with Crippen molar-refractivity contribution in [1.82, 2.24) is 9.55 Å². The zero-order valence-electron chi connectivity index (χ0n) is 9.68. The lowest BCUT2D eigenvalue weighted by Crippen LogP contribution is -2.29. The van der Waals surface area contributed by atoms with Crippen molar-refractivity contribution in [3.63, 3.8) is 0 Å². The third kappa shape index (κ3) is 3.87. The summed E-state index contributed by atoms with van der Waals surface area (Å²) in [4.78, 5) is 3.13. The quantitative estimate of drug-likeness (QED) is 0.754. The fraction of sp³-hybridized carbons (Fsp3) is 0.571. The normalized spacial score (nSPS) is 14.4. The van der Waals surface area contributed by atoms with Gasteiger partial charge in [0.1, 0.15) is 17.5 Å². The van der Waals surface area contributed by atoms with Crippen LogP contribution in [0.2, 0.25) is 0 Å². The van der Waals surface area contributed by atoms with Gasteiger partial charge in [-0.15, -0.1) is 0 Å². The molecule has 0 atom stereocenters. The highest BCUT2D eigenvalue weighted by Gasteiger charge is 2.48. The largest absolute Gasteiger partial charge is 0.499 e. The molecule has 0 bridgehead atoms. The Kier molecular flexibility index (Phi) is 4.35. The summed E-state index contributed by atoms with van der Waals surface area (Å²) in [6.45, 7) is 0. The van der Waals surface area contributed by atoms with Crippen LogP contribution >= 0.6 is 0 Å². The van der Waals surface area contributed by atoms with Gasteiger partial charge in [0, 0.05) is 12.4 Å². The Morgan fingerprint density at radius 2 is 1.43 bits per heavy atom. The molecule has 1 aromatic rings. The second kappa shape index (κ2) is 5.15. The molecule has 0 fully saturated rings. The summed E-state index contributed by atoms with van der Waals surface area (Å²) in [7, 11) is -11.4. The van der Waals surface area contributed by atoms with E-state index in [0.717, 1.165) is 0 Å². The predicted octanol–water partition coefficient (Wildman–Crippen LogP) is 1.21. The first kappa shape index (κ1) is 17.7. The van der Waals surface area contributed by atoms with Crippen LogP contribution < -0.4 is 0 Å². The molecule has 122 valence electrons. The summed E-state index contributed by atoms with van der Waals surface area (Å²) < 4.78 is 117. The van der Waals surface area contributed by atoms with E-state index in [9.17, 15) is 43.2 Å². The molecule has 14 heteroatoms. The van der Waals surface area contributed by atoms with Gasteiger partial charge in [0.25, 0.3) is 19.7 Å². The molecule has 0 aliphatic heterocycles. The maximum absolute atomic E-state index is 12.2. The molecule has 1 rings (SSSR count). The Labute approximate surface area is 114 Å². The first-order chi connectivity index (χ1) is 9.17. The molecule has 21 heavy (non-hydrogen) atoms. The number of imidazole rings is 1. The van der Waals surface area contributed by atoms with E-state index < -0.39 is 48.1 Å². The number of nitrogens with zero attached hydrogens (tertiary/aromatic N) is 2. The van der Waals surface area contributed by atoms with E-state index in [1.54, 1.807) is 0 Å². The van der Waals surface area contributed by atoms with Crippen LogP contribution in [0.3, 0.4) is 0 Å². The molecule has 0 spiro atoms. The summed E-state index contributed by atoms with van der Waals surface area (Å²) in [6.07, 6.45) is 1.32. The second-order valence-corrected chi connectivity index (χ2v) is 7.64. The number of hydrogen-bond acceptors (Lipinski definition) is 5. The molecule has 1 aromatic heterocycles. The zero-order chi connectivity index (χ0) is 16.7. The Hall–Kier alpha value is -1.31. The minimum Gasteiger partial charge on any atom is -0.319 e. The SMILES string of the molecule is O=S(=O)(Cc1nccn1CS(=O)(=O)C(F)(F)F)C(F)(F)F. The summed E-state index contributed by atoms with van der Waals surface area (Å²) >= 11 is 0. The lowest BCUT2D eigenvalue weighted by atomic mass is 10.7. The number of alkyl halides is 6. The summed E-state index contributed by atoms with van der Waals surface area (Å²) in [5.41, 5.74) is -11.3. The van der Waals surface area contributed by atoms with Crippen molar-refractivity contribution in [2.45, 2.75) is 22.6 Å². The zero-order valence-corrected chi connectivity index (χ0v) is 11.3. The maximum Gasteiger partial charge on any atom is 0.499 e. The van der Waals surface area contributed by atoms with Gasteiger partial charge in [0.15, 0.2) is 0 Å². The molecule has 0 amide bonds. The Balaban J connectivity index is 3.11. The molecule has 0 N–H and O–H groups in total. The van der Waals surface area contributed by atoms with Crippen molar-refractivity contribution in [3.05, 3.63) is 18.2 Å². The monoisotopic (exact) mass is 360 g/mol. The highest BCUT2D eigenvalue weighted by atomic mass is 32.2. The van der Waals surface area contributed by atoms with E-state index >= 15 is 0 Å². The molecule has 0 aliphatic rings. The van der Waals surface area contributed by atoms with Crippen molar-refractivity contribution in [2.75, 3.05) is 0 Å². The molecule has 0 saturated carbocycles. The summed E-state index contributed by atoms with van der Waals surface area (Å²) in [5.74, 6) is -4.50. The number of halogens is 6. The third-order valence-corrected chi connectivity index (χ3v) is 4.80. The van der Waals surface area contributed by atoms with E-state index in [1.165, 1.54) is 0 Å². The van der Waals surface area contributed by atoms with Crippen LogP contribution in [0.25, 0.3) is 0 Å². The van der Waals surface area contributed by atoms with E-state index in [-0.39, 0.29) is 4.57 Å². The average Bonchev–Trinajstić information content (AvgIpc) is 2.60. The molecule has 0 unspecified atom stereocenters. The van der Waals surface area contributed by atoms with E-state index in [2.05, 4.69) is 4.98 Å². The second-order valence-electron chi connectivity index (χ2n) is 3.71. The standard InChI is InChI=1S/C7H6F6N2O4S2/c8-6(9,10)20(16,17)3-5-14-1-2-15(5)4-21(18,19)7(11,12)13/h1-2H,3-4H2. The van der Waals surface area contributed by atoms with Crippen LogP contribution in [0.15, 0.2) is 12.4 Å². The molecule has 1 heterocycles. The van der Waals surface area contributed by atoms with Crippen LogP contribution in [0, 0.1) is 0 Å². The van der Waals surface area contributed by atoms with Gasteiger partial charge >= 0.3 is 11.0 Å². The average molecular weight is 360 g/mol. The fourth-order valence-electron chi connectivity index (χ4n) is 1.11. The Bertz CT molecular complexity index is 655. The summed E-state index contributed by atoms with van der Waals surface area (Å²) in [6, 6.07) is 0. The lowest BCUT2D eigenvalue weighted by molar-refractivity contribution is -0.0449. The lowest BCUT2D eigenvalue weighted by Gasteiger charge is -2.12. The highest BCUT2D eigenvalue weighted by molar-refractivity contribution is 7.91. The molecular formula is C7H6F6N2O4S2. The van der Waals surface area contributed by atoms with E-state index in [4.69, 9.17) is 0 Å². The van der Waals surface area contributed by atoms with Gasteiger partial charge in [-0.1, -0.05) is 0 Å². The van der Waals surface area contributed by atoms with Crippen molar-refractivity contribution in [2.24, 2.45) is 0 Å². The molecule has 0 saturated heterocycles. The van der Waals surface area contributed by atoms with Gasteiger partial charge < -0.3 is 4.57 Å². The van der Waals surface area contributed by atoms with Gasteiger partial charge in [-0.3, -0.25) is 0 Å². The minimum atomic E-state index is -5.69. The van der Waals surface area contributed by atoms with Gasteiger partial charge in [-0.25, -0.2) is 21.8 Å². The van der Waals surface area contributed by atoms with E-state index in [1.807, 2.05) is 0 Å². The van der Waals surface area contributed by atoms with Gasteiger partial charge in [0.2, 0.25) is 0 Å². The minimum absolute atomic E-state index is 0.173. The third-order valence-electron chi connectivity index (χ3n) is 2.14. The first-order valence-electron chi connectivity index (χ1n) is 4.75. The summed E-state index contributed by atoms with van der Waals surface area (Å²) in [5, 5.41) is 0. The van der Waals surface area contributed by atoms with Crippen molar-refractivity contribution in [1.29, 1.82) is 0 Å². The number of rotatable bonds is 4. The van der Waals surface area contributed by atoms with Crippen molar-refractivity contribution < 1.29 is 43.2 Å². The number of aromatic nitrogens is 2. The van der Waals surface area contributed by atoms with Crippen LogP contribution in [-0.2, 0) is 31.3 Å². The first-order valence-corrected chi connectivity index (χ1v) is 8.06. The van der Waals surface area contributed by atoms with Gasteiger partial charge in [-0.2, -0.15) is 26.3 Å². The van der Waals surface area contributed by atoms with Gasteiger partial charge in [0.05, 0.1) is 0 Å². The van der Waals surface area contributed by atoms with E-state index in [0.29, 0.717) is 12.4 Å². The Morgan fingerprint density at radius 1 is 0.952 bits per heavy atom. The molecule has 6 nitrogen and oxygen atoms in total. The Morgan fingerprint density at radius 3 is 1.86 bits per heavy atom. The molecule has 0 radical (unpaired) electrons. The smallest absolute Gasteiger partial charge is 0.319 e. The molecule has 0 aliphatic carbocycles. The molecule has 0 aromatic carbocycles. The van der Waals surface area contributed by atoms with Crippen LogP contribution in [0.1, 0.15) is 5.82 Å². The molecular weight excluding hydrogens is 354 g/mol. The maximum atomic E-state index is 12.2. The van der Waals surface area contributed by atoms with Crippen molar-refractivity contribution in [3.8, 4) is 0 Å². The number of sulfone groups is 2. The highest BCUT2D eigenvalue weighted by Crippen LogP contribution is 2.28. The number of hydrogen-bond donors (Lipinski definition) is 0. The van der Waals surface area contributed by atoms with Crippen LogP contribution in [0.5, 0.6) is 0 Å². The van der Waals surface area contributed by atoms with Crippen molar-refractivity contribution >= 4 is 19.7 Å². The topological polar surface area (TPSA) is 86.1 Å². The fourth-order valence-corrected chi connectivity index (χ4v) is 2.60. The predicted molar refractivity (Wildman–Crippen MR) is 55.9 cm³/mol.